The predicted molar refractivity (Wildman–Crippen MR) is 182 cm³/mol. The van der Waals surface area contributed by atoms with E-state index in [1.54, 1.807) is 18.2 Å². The van der Waals surface area contributed by atoms with Gasteiger partial charge in [-0.15, -0.1) is 0 Å². The van der Waals surface area contributed by atoms with Gasteiger partial charge in [0.2, 0.25) is 11.8 Å². The van der Waals surface area contributed by atoms with E-state index in [4.69, 9.17) is 16.3 Å². The highest BCUT2D eigenvalue weighted by atomic mass is 35.5. The number of nitrogens with zero attached hydrogens (tertiary/aromatic N) is 2. The van der Waals surface area contributed by atoms with Crippen LogP contribution in [0.5, 0.6) is 5.75 Å². The van der Waals surface area contributed by atoms with Crippen LogP contribution in [0.3, 0.4) is 0 Å². The zero-order chi connectivity index (χ0) is 34.4. The molecule has 1 atom stereocenters. The smallest absolute Gasteiger partial charge is 0.264 e. The van der Waals surface area contributed by atoms with Crippen molar-refractivity contribution in [2.75, 3.05) is 18.0 Å². The van der Waals surface area contributed by atoms with Crippen molar-refractivity contribution in [3.63, 3.8) is 0 Å². The molecule has 0 bridgehead atoms. The molecule has 0 aliphatic carbocycles. The summed E-state index contributed by atoms with van der Waals surface area (Å²) in [5.74, 6) is -1.43. The topological polar surface area (TPSA) is 96.0 Å². The first-order chi connectivity index (χ1) is 22.2. The van der Waals surface area contributed by atoms with E-state index in [1.807, 2.05) is 58.0 Å². The van der Waals surface area contributed by atoms with Gasteiger partial charge in [-0.1, -0.05) is 77.8 Å². The van der Waals surface area contributed by atoms with Crippen LogP contribution >= 0.6 is 11.6 Å². The lowest BCUT2D eigenvalue weighted by Gasteiger charge is -2.35. The molecule has 11 heteroatoms. The number of sulfonamides is 1. The second kappa shape index (κ2) is 15.0. The number of halogens is 2. The van der Waals surface area contributed by atoms with Crippen molar-refractivity contribution in [1.29, 1.82) is 0 Å². The summed E-state index contributed by atoms with van der Waals surface area (Å²) in [6, 6.07) is 24.6. The summed E-state index contributed by atoms with van der Waals surface area (Å²) in [6.07, 6.45) is 0.0992. The molecule has 0 aromatic heterocycles. The van der Waals surface area contributed by atoms with Gasteiger partial charge in [0.15, 0.2) is 0 Å². The molecule has 1 N–H and O–H groups in total. The van der Waals surface area contributed by atoms with Crippen molar-refractivity contribution < 1.29 is 27.1 Å². The number of nitrogens with one attached hydrogen (secondary N) is 1. The molecule has 8 nitrogen and oxygen atoms in total. The van der Waals surface area contributed by atoms with Crippen LogP contribution in [-0.2, 0) is 32.6 Å². The number of aryl methyl sites for hydroxylation is 1. The standard InChI is InChI=1S/C36H39ClFN3O5S/c1-25-15-18-29(19-16-25)47(44,45)41(28-17-20-33(46-5)30(37)22-28)24-34(42)40(23-27-13-9-10-14-31(27)38)32(35(43)39-36(2,3)4)21-26-11-7-6-8-12-26/h6-20,22,32H,21,23-24H2,1-5H3,(H,39,43)/t32-/m1/s1. The SMILES string of the molecule is COc1ccc(N(CC(=O)N(Cc2ccccc2F)[C@H](Cc2ccccc2)C(=O)NC(C)(C)C)S(=O)(=O)c2ccc(C)cc2)cc1Cl. The van der Waals surface area contributed by atoms with Gasteiger partial charge in [-0.05, 0) is 69.7 Å². The summed E-state index contributed by atoms with van der Waals surface area (Å²) >= 11 is 6.42. The molecule has 4 aromatic rings. The number of rotatable bonds is 12. The monoisotopic (exact) mass is 679 g/mol. The van der Waals surface area contributed by atoms with Gasteiger partial charge in [0.05, 0.1) is 22.7 Å². The van der Waals surface area contributed by atoms with Gasteiger partial charge in [0, 0.05) is 24.1 Å². The largest absolute Gasteiger partial charge is 0.495 e. The molecular weight excluding hydrogens is 641 g/mol. The third-order valence-corrected chi connectivity index (χ3v) is 9.46. The van der Waals surface area contributed by atoms with Gasteiger partial charge in [0.1, 0.15) is 24.2 Å². The normalized spacial score (nSPS) is 12.2. The number of hydrogen-bond donors (Lipinski definition) is 1. The van der Waals surface area contributed by atoms with E-state index in [-0.39, 0.29) is 34.1 Å². The Bertz CT molecular complexity index is 1810. The molecule has 0 fully saturated rings. The minimum absolute atomic E-state index is 0.0465. The summed E-state index contributed by atoms with van der Waals surface area (Å²) < 4.78 is 49.7. The Balaban J connectivity index is 1.85. The van der Waals surface area contributed by atoms with Gasteiger partial charge in [-0.2, -0.15) is 0 Å². The average Bonchev–Trinajstić information content (AvgIpc) is 3.02. The highest BCUT2D eigenvalue weighted by Crippen LogP contribution is 2.32. The molecule has 4 aromatic carbocycles. The Hall–Kier alpha value is -4.41. The van der Waals surface area contributed by atoms with Crippen LogP contribution < -0.4 is 14.4 Å². The molecule has 248 valence electrons. The Morgan fingerprint density at radius 1 is 0.936 bits per heavy atom. The zero-order valence-electron chi connectivity index (χ0n) is 27.0. The van der Waals surface area contributed by atoms with Gasteiger partial charge >= 0.3 is 0 Å². The Morgan fingerprint density at radius 3 is 2.17 bits per heavy atom. The van der Waals surface area contributed by atoms with Crippen LogP contribution in [0.1, 0.15) is 37.5 Å². The van der Waals surface area contributed by atoms with E-state index in [2.05, 4.69) is 5.32 Å². The first-order valence-corrected chi connectivity index (χ1v) is 16.8. The number of amides is 2. The number of hydrogen-bond acceptors (Lipinski definition) is 5. The first kappa shape index (κ1) is 35.4. The summed E-state index contributed by atoms with van der Waals surface area (Å²) in [5.41, 5.74) is 1.24. The maximum Gasteiger partial charge on any atom is 0.264 e. The van der Waals surface area contributed by atoms with Crippen molar-refractivity contribution >= 4 is 39.1 Å². The van der Waals surface area contributed by atoms with Gasteiger partial charge in [-0.3, -0.25) is 13.9 Å². The molecule has 0 radical (unpaired) electrons. The molecule has 4 rings (SSSR count). The second-order valence-corrected chi connectivity index (χ2v) is 14.5. The minimum atomic E-state index is -4.34. The van der Waals surface area contributed by atoms with Crippen molar-refractivity contribution in [3.8, 4) is 5.75 Å². The molecule has 0 aliphatic heterocycles. The summed E-state index contributed by atoms with van der Waals surface area (Å²) in [6.45, 7) is 6.28. The average molecular weight is 680 g/mol. The minimum Gasteiger partial charge on any atom is -0.495 e. The van der Waals surface area contributed by atoms with Crippen molar-refractivity contribution in [2.24, 2.45) is 0 Å². The van der Waals surface area contributed by atoms with Crippen LogP contribution in [0.25, 0.3) is 0 Å². The van der Waals surface area contributed by atoms with E-state index in [1.165, 1.54) is 60.5 Å². The highest BCUT2D eigenvalue weighted by molar-refractivity contribution is 7.92. The number of anilines is 1. The third kappa shape index (κ3) is 9.11. The molecule has 0 spiro atoms. The summed E-state index contributed by atoms with van der Waals surface area (Å²) in [5, 5.41) is 3.09. The lowest BCUT2D eigenvalue weighted by atomic mass is 10.0. The molecule has 0 aliphatic rings. The number of carbonyl (C=O) groups excluding carboxylic acids is 2. The Morgan fingerprint density at radius 2 is 1.57 bits per heavy atom. The van der Waals surface area contributed by atoms with Crippen LogP contribution in [0.4, 0.5) is 10.1 Å². The number of benzene rings is 4. The van der Waals surface area contributed by atoms with Crippen LogP contribution in [0.2, 0.25) is 5.02 Å². The fourth-order valence-corrected chi connectivity index (χ4v) is 6.65. The Kier molecular flexibility index (Phi) is 11.3. The Labute approximate surface area is 281 Å². The zero-order valence-corrected chi connectivity index (χ0v) is 28.6. The van der Waals surface area contributed by atoms with Gasteiger partial charge in [0.25, 0.3) is 10.0 Å². The first-order valence-electron chi connectivity index (χ1n) is 15.0. The van der Waals surface area contributed by atoms with E-state index >= 15 is 4.39 Å². The molecule has 0 saturated heterocycles. The van der Waals surface area contributed by atoms with E-state index in [0.717, 1.165) is 15.4 Å². The maximum absolute atomic E-state index is 15.1. The van der Waals surface area contributed by atoms with E-state index in [0.29, 0.717) is 5.75 Å². The second-order valence-electron chi connectivity index (χ2n) is 12.2. The quantitative estimate of drug-likeness (QED) is 0.183. The van der Waals surface area contributed by atoms with Crippen molar-refractivity contribution in [3.05, 3.63) is 125 Å². The van der Waals surface area contributed by atoms with Gasteiger partial charge in [-0.25, -0.2) is 12.8 Å². The van der Waals surface area contributed by atoms with Crippen molar-refractivity contribution in [2.45, 2.75) is 57.1 Å². The fraction of sp³-hybridized carbons (Fsp3) is 0.278. The number of carbonyl (C=O) groups is 2. The molecule has 2 amide bonds. The predicted octanol–water partition coefficient (Wildman–Crippen LogP) is 6.55. The highest BCUT2D eigenvalue weighted by Gasteiger charge is 2.36. The van der Waals surface area contributed by atoms with E-state index < -0.39 is 45.8 Å². The van der Waals surface area contributed by atoms with Crippen LogP contribution in [0, 0.1) is 12.7 Å². The molecule has 0 heterocycles. The van der Waals surface area contributed by atoms with E-state index in [9.17, 15) is 18.0 Å². The number of ether oxygens (including phenoxy) is 1. The fourth-order valence-electron chi connectivity index (χ4n) is 4.99. The third-order valence-electron chi connectivity index (χ3n) is 7.38. The summed E-state index contributed by atoms with van der Waals surface area (Å²) in [4.78, 5) is 29.7. The van der Waals surface area contributed by atoms with Crippen LogP contribution in [-0.4, -0.2) is 50.4 Å². The number of methoxy groups -OCH3 is 1. The molecule has 0 unspecified atom stereocenters. The lowest BCUT2D eigenvalue weighted by Crippen LogP contribution is -2.56. The molecule has 47 heavy (non-hydrogen) atoms. The van der Waals surface area contributed by atoms with Crippen molar-refractivity contribution in [1.82, 2.24) is 10.2 Å². The molecular formula is C36H39ClFN3O5S. The summed E-state index contributed by atoms with van der Waals surface area (Å²) in [7, 11) is -2.91. The van der Waals surface area contributed by atoms with Crippen LogP contribution in [0.15, 0.2) is 102 Å². The molecule has 0 saturated carbocycles. The van der Waals surface area contributed by atoms with Gasteiger partial charge < -0.3 is 15.0 Å². The maximum atomic E-state index is 15.1. The lowest BCUT2D eigenvalue weighted by molar-refractivity contribution is -0.140.